The molecule has 0 N–H and O–H groups in total. The summed E-state index contributed by atoms with van der Waals surface area (Å²) in [4.78, 5) is 5.06. The van der Waals surface area contributed by atoms with Gasteiger partial charge in [-0.2, -0.15) is 0 Å². The molecule has 0 aliphatic carbocycles. The predicted molar refractivity (Wildman–Crippen MR) is 101 cm³/mol. The van der Waals surface area contributed by atoms with Crippen molar-refractivity contribution in [2.45, 2.75) is 50.4 Å². The van der Waals surface area contributed by atoms with Gasteiger partial charge in [-0.15, -0.1) is 11.6 Å². The highest BCUT2D eigenvalue weighted by atomic mass is 35.5. The highest BCUT2D eigenvalue weighted by molar-refractivity contribution is 6.20. The second-order valence-electron chi connectivity index (χ2n) is 7.20. The Morgan fingerprint density at radius 3 is 2.33 bits per heavy atom. The summed E-state index contributed by atoms with van der Waals surface area (Å²) in [5.41, 5.74) is 1.36. The zero-order valence-electron chi connectivity index (χ0n) is 14.8. The van der Waals surface area contributed by atoms with Crippen LogP contribution in [0.3, 0.4) is 0 Å². The third kappa shape index (κ3) is 5.94. The third-order valence-corrected chi connectivity index (χ3v) is 5.62. The predicted octanol–water partition coefficient (Wildman–Crippen LogP) is 4.14. The highest BCUT2D eigenvalue weighted by Gasteiger charge is 2.16. The minimum absolute atomic E-state index is 0.377. The van der Waals surface area contributed by atoms with Gasteiger partial charge in [0.25, 0.3) is 0 Å². The number of piperidine rings is 2. The van der Waals surface area contributed by atoms with Gasteiger partial charge >= 0.3 is 0 Å². The lowest BCUT2D eigenvalue weighted by atomic mass is 10.1. The van der Waals surface area contributed by atoms with Gasteiger partial charge in [0, 0.05) is 18.5 Å². The molecule has 2 saturated heterocycles. The number of benzene rings is 1. The Morgan fingerprint density at radius 2 is 1.62 bits per heavy atom. The zero-order valence-corrected chi connectivity index (χ0v) is 15.5. The lowest BCUT2D eigenvalue weighted by Gasteiger charge is -2.29. The second-order valence-corrected chi connectivity index (χ2v) is 7.82. The average molecular weight is 351 g/mol. The van der Waals surface area contributed by atoms with Crippen molar-refractivity contribution in [3.8, 4) is 5.75 Å². The Labute approximate surface area is 151 Å². The Bertz CT molecular complexity index is 465. The van der Waals surface area contributed by atoms with Crippen LogP contribution in [0.15, 0.2) is 24.3 Å². The number of nitrogens with zero attached hydrogens (tertiary/aromatic N) is 2. The van der Waals surface area contributed by atoms with Crippen molar-refractivity contribution in [3.05, 3.63) is 29.8 Å². The number of hydrogen-bond donors (Lipinski definition) is 0. The van der Waals surface area contributed by atoms with Crippen molar-refractivity contribution in [3.63, 3.8) is 0 Å². The van der Waals surface area contributed by atoms with Crippen molar-refractivity contribution in [1.82, 2.24) is 9.80 Å². The summed E-state index contributed by atoms with van der Waals surface area (Å²) in [7, 11) is 0. The molecule has 2 heterocycles. The molecule has 0 atom stereocenters. The minimum atomic E-state index is 0.377. The Balaban J connectivity index is 1.33. The van der Waals surface area contributed by atoms with E-state index in [0.29, 0.717) is 5.38 Å². The maximum atomic E-state index is 6.17. The monoisotopic (exact) mass is 350 g/mol. The van der Waals surface area contributed by atoms with E-state index in [9.17, 15) is 0 Å². The van der Waals surface area contributed by atoms with Crippen molar-refractivity contribution in [2.75, 3.05) is 39.3 Å². The summed E-state index contributed by atoms with van der Waals surface area (Å²) < 4.78 is 5.90. The molecule has 0 amide bonds. The van der Waals surface area contributed by atoms with Crippen LogP contribution in [0.2, 0.25) is 0 Å². The van der Waals surface area contributed by atoms with Crippen LogP contribution in [0, 0.1) is 0 Å². The van der Waals surface area contributed by atoms with Crippen molar-refractivity contribution >= 4 is 11.6 Å². The van der Waals surface area contributed by atoms with Gasteiger partial charge in [-0.3, -0.25) is 4.90 Å². The van der Waals surface area contributed by atoms with E-state index in [-0.39, 0.29) is 0 Å². The Kier molecular flexibility index (Phi) is 7.25. The number of hydrogen-bond acceptors (Lipinski definition) is 3. The summed E-state index contributed by atoms with van der Waals surface area (Å²) in [5.74, 6) is 0.997. The minimum Gasteiger partial charge on any atom is -0.494 e. The maximum Gasteiger partial charge on any atom is 0.119 e. The lowest BCUT2D eigenvalue weighted by molar-refractivity contribution is 0.205. The summed E-state index contributed by atoms with van der Waals surface area (Å²) in [5, 5.41) is 0.377. The molecule has 0 saturated carbocycles. The number of alkyl halides is 1. The molecule has 2 fully saturated rings. The first-order chi connectivity index (χ1) is 11.8. The van der Waals surface area contributed by atoms with Gasteiger partial charge in [-0.1, -0.05) is 18.6 Å². The number of halogens is 1. The fourth-order valence-electron chi connectivity index (χ4n) is 3.67. The van der Waals surface area contributed by atoms with Crippen LogP contribution in [0.5, 0.6) is 5.75 Å². The van der Waals surface area contributed by atoms with Gasteiger partial charge in [-0.05, 0) is 76.0 Å². The number of rotatable bonds is 7. The smallest absolute Gasteiger partial charge is 0.119 e. The molecule has 0 radical (unpaired) electrons. The van der Waals surface area contributed by atoms with E-state index in [0.717, 1.165) is 51.3 Å². The van der Waals surface area contributed by atoms with E-state index in [1.54, 1.807) is 0 Å². The standard InChI is InChI=1S/C20H31ClN2O/c21-19-9-14-23(15-10-19)17-18-5-7-20(8-6-18)24-16-4-13-22-11-2-1-3-12-22/h5-8,19H,1-4,9-17H2. The highest BCUT2D eigenvalue weighted by Crippen LogP contribution is 2.19. The molecule has 2 aliphatic heterocycles. The van der Waals surface area contributed by atoms with Crippen LogP contribution in [0.1, 0.15) is 44.1 Å². The molecule has 1 aromatic carbocycles. The summed E-state index contributed by atoms with van der Waals surface area (Å²) in [6, 6.07) is 8.63. The Morgan fingerprint density at radius 1 is 0.917 bits per heavy atom. The summed E-state index contributed by atoms with van der Waals surface area (Å²) in [6.07, 6.45) is 7.48. The fourth-order valence-corrected chi connectivity index (χ4v) is 3.87. The van der Waals surface area contributed by atoms with Crippen LogP contribution in [-0.2, 0) is 6.54 Å². The SMILES string of the molecule is ClC1CCN(Cc2ccc(OCCCN3CCCCC3)cc2)CC1. The molecule has 0 bridgehead atoms. The molecular weight excluding hydrogens is 320 g/mol. The summed E-state index contributed by atoms with van der Waals surface area (Å²) in [6.45, 7) is 7.80. The molecule has 24 heavy (non-hydrogen) atoms. The lowest BCUT2D eigenvalue weighted by Crippen LogP contribution is -2.33. The molecule has 3 nitrogen and oxygen atoms in total. The van der Waals surface area contributed by atoms with Crippen LogP contribution in [0.25, 0.3) is 0 Å². The molecule has 0 aromatic heterocycles. The van der Waals surface area contributed by atoms with E-state index in [2.05, 4.69) is 34.1 Å². The molecule has 2 aliphatic rings. The molecular formula is C20H31ClN2O. The summed E-state index contributed by atoms with van der Waals surface area (Å²) >= 11 is 6.17. The molecule has 3 rings (SSSR count). The van der Waals surface area contributed by atoms with Crippen LogP contribution in [-0.4, -0.2) is 54.5 Å². The van der Waals surface area contributed by atoms with Crippen LogP contribution >= 0.6 is 11.6 Å². The molecule has 1 aromatic rings. The van der Waals surface area contributed by atoms with Gasteiger partial charge in [0.1, 0.15) is 5.75 Å². The normalized spacial score (nSPS) is 21.0. The van der Waals surface area contributed by atoms with Crippen molar-refractivity contribution in [2.24, 2.45) is 0 Å². The van der Waals surface area contributed by atoms with Gasteiger partial charge in [0.05, 0.1) is 6.61 Å². The second kappa shape index (κ2) is 9.65. The van der Waals surface area contributed by atoms with Gasteiger partial charge in [-0.25, -0.2) is 0 Å². The molecule has 134 valence electrons. The number of ether oxygens (including phenoxy) is 1. The topological polar surface area (TPSA) is 15.7 Å². The fraction of sp³-hybridized carbons (Fsp3) is 0.700. The maximum absolute atomic E-state index is 6.17. The average Bonchev–Trinajstić information content (AvgIpc) is 2.63. The number of likely N-dealkylation sites (tertiary alicyclic amines) is 2. The first-order valence-corrected chi connectivity index (χ1v) is 10.0. The van der Waals surface area contributed by atoms with E-state index >= 15 is 0 Å². The van der Waals surface area contributed by atoms with E-state index < -0.39 is 0 Å². The van der Waals surface area contributed by atoms with Gasteiger partial charge < -0.3 is 9.64 Å². The third-order valence-electron chi connectivity index (χ3n) is 5.18. The van der Waals surface area contributed by atoms with Gasteiger partial charge in [0.15, 0.2) is 0 Å². The molecule has 0 spiro atoms. The van der Waals surface area contributed by atoms with Crippen molar-refractivity contribution in [1.29, 1.82) is 0 Å². The zero-order chi connectivity index (χ0) is 16.6. The van der Waals surface area contributed by atoms with E-state index in [4.69, 9.17) is 16.3 Å². The van der Waals surface area contributed by atoms with Crippen molar-refractivity contribution < 1.29 is 4.74 Å². The van der Waals surface area contributed by atoms with Crippen LogP contribution in [0.4, 0.5) is 0 Å². The largest absolute Gasteiger partial charge is 0.494 e. The molecule has 4 heteroatoms. The first-order valence-electron chi connectivity index (χ1n) is 9.60. The molecule has 0 unspecified atom stereocenters. The van der Waals surface area contributed by atoms with Crippen LogP contribution < -0.4 is 4.74 Å². The van der Waals surface area contributed by atoms with E-state index in [1.165, 1.54) is 44.5 Å². The van der Waals surface area contributed by atoms with Gasteiger partial charge in [0.2, 0.25) is 0 Å². The first kappa shape index (κ1) is 18.0. The Hall–Kier alpha value is -0.770. The quantitative estimate of drug-likeness (QED) is 0.543. The van der Waals surface area contributed by atoms with E-state index in [1.807, 2.05) is 0 Å².